The quantitative estimate of drug-likeness (QED) is 0.784. The lowest BCUT2D eigenvalue weighted by atomic mass is 10.3. The second kappa shape index (κ2) is 6.04. The summed E-state index contributed by atoms with van der Waals surface area (Å²) in [6.07, 6.45) is -3.78. The standard InChI is InChI=1S/C9H10BrF3N2O2/c1-16-7-6(10)5-14-8(15-7)17-4-2-3-9(11,12)13/h5H,2-4H2,1H3. The van der Waals surface area contributed by atoms with Gasteiger partial charge in [0.15, 0.2) is 0 Å². The normalized spacial score (nSPS) is 11.4. The molecular formula is C9H10BrF3N2O2. The van der Waals surface area contributed by atoms with Gasteiger partial charge < -0.3 is 9.47 Å². The minimum absolute atomic E-state index is 0.00720. The Labute approximate surface area is 104 Å². The van der Waals surface area contributed by atoms with Gasteiger partial charge in [-0.15, -0.1) is 0 Å². The molecule has 0 bridgehead atoms. The molecule has 8 heteroatoms. The van der Waals surface area contributed by atoms with E-state index in [-0.39, 0.29) is 24.9 Å². The molecule has 0 aliphatic rings. The average molecular weight is 315 g/mol. The summed E-state index contributed by atoms with van der Waals surface area (Å²) in [5.41, 5.74) is 0. The molecule has 0 fully saturated rings. The second-order valence-electron chi connectivity index (χ2n) is 3.08. The summed E-state index contributed by atoms with van der Waals surface area (Å²) in [5.74, 6) is 0.269. The maximum absolute atomic E-state index is 11.8. The Morgan fingerprint density at radius 2 is 2.12 bits per heavy atom. The van der Waals surface area contributed by atoms with E-state index in [9.17, 15) is 13.2 Å². The van der Waals surface area contributed by atoms with Crippen LogP contribution < -0.4 is 9.47 Å². The Bertz CT molecular complexity index is 374. The molecule has 1 aromatic rings. The molecule has 0 aromatic carbocycles. The average Bonchev–Trinajstić information content (AvgIpc) is 2.25. The number of halogens is 4. The molecule has 0 aliphatic carbocycles. The van der Waals surface area contributed by atoms with Crippen LogP contribution in [0.1, 0.15) is 12.8 Å². The topological polar surface area (TPSA) is 44.2 Å². The van der Waals surface area contributed by atoms with E-state index < -0.39 is 12.6 Å². The van der Waals surface area contributed by atoms with Crippen molar-refractivity contribution in [3.8, 4) is 11.9 Å². The van der Waals surface area contributed by atoms with Gasteiger partial charge in [-0.25, -0.2) is 4.98 Å². The van der Waals surface area contributed by atoms with Crippen LogP contribution in [0.25, 0.3) is 0 Å². The van der Waals surface area contributed by atoms with E-state index in [4.69, 9.17) is 9.47 Å². The number of alkyl halides is 3. The van der Waals surface area contributed by atoms with Gasteiger partial charge in [0.2, 0.25) is 5.88 Å². The Morgan fingerprint density at radius 3 is 2.71 bits per heavy atom. The van der Waals surface area contributed by atoms with Gasteiger partial charge in [0, 0.05) is 6.42 Å². The highest BCUT2D eigenvalue weighted by Crippen LogP contribution is 2.23. The number of hydrogen-bond donors (Lipinski definition) is 0. The number of aromatic nitrogens is 2. The van der Waals surface area contributed by atoms with Gasteiger partial charge in [-0.3, -0.25) is 0 Å². The third-order valence-corrected chi connectivity index (χ3v) is 2.26. The van der Waals surface area contributed by atoms with Crippen molar-refractivity contribution in [3.05, 3.63) is 10.7 Å². The highest BCUT2D eigenvalue weighted by Gasteiger charge is 2.26. The minimum atomic E-state index is -4.17. The van der Waals surface area contributed by atoms with Gasteiger partial charge in [-0.1, -0.05) is 0 Å². The predicted molar refractivity (Wildman–Crippen MR) is 57.1 cm³/mol. The fourth-order valence-corrected chi connectivity index (χ4v) is 1.34. The SMILES string of the molecule is COc1nc(OCCCC(F)(F)F)ncc1Br. The summed E-state index contributed by atoms with van der Waals surface area (Å²) in [6, 6.07) is -0.00720. The zero-order valence-electron chi connectivity index (χ0n) is 8.92. The molecule has 0 amide bonds. The van der Waals surface area contributed by atoms with E-state index in [0.29, 0.717) is 4.47 Å². The van der Waals surface area contributed by atoms with Crippen molar-refractivity contribution in [1.82, 2.24) is 9.97 Å². The van der Waals surface area contributed by atoms with Crippen LogP contribution in [-0.2, 0) is 0 Å². The molecule has 0 atom stereocenters. The summed E-state index contributed by atoms with van der Waals surface area (Å²) in [5, 5.41) is 0. The van der Waals surface area contributed by atoms with Crippen LogP contribution in [0, 0.1) is 0 Å². The monoisotopic (exact) mass is 314 g/mol. The minimum Gasteiger partial charge on any atom is -0.480 e. The van der Waals surface area contributed by atoms with E-state index in [0.717, 1.165) is 0 Å². The molecule has 1 rings (SSSR count). The van der Waals surface area contributed by atoms with Crippen LogP contribution in [0.3, 0.4) is 0 Å². The Balaban J connectivity index is 2.42. The number of nitrogens with zero attached hydrogens (tertiary/aromatic N) is 2. The Hall–Kier alpha value is -1.05. The maximum Gasteiger partial charge on any atom is 0.389 e. The van der Waals surface area contributed by atoms with Crippen molar-refractivity contribution in [2.24, 2.45) is 0 Å². The third kappa shape index (κ3) is 5.20. The van der Waals surface area contributed by atoms with Crippen LogP contribution in [0.2, 0.25) is 0 Å². The number of methoxy groups -OCH3 is 1. The molecule has 0 saturated heterocycles. The zero-order valence-corrected chi connectivity index (χ0v) is 10.5. The van der Waals surface area contributed by atoms with Gasteiger partial charge in [0.25, 0.3) is 0 Å². The van der Waals surface area contributed by atoms with Gasteiger partial charge in [-0.05, 0) is 22.4 Å². The number of rotatable bonds is 5. The third-order valence-electron chi connectivity index (χ3n) is 1.72. The molecule has 1 heterocycles. The molecule has 4 nitrogen and oxygen atoms in total. The molecule has 0 unspecified atom stereocenters. The van der Waals surface area contributed by atoms with Gasteiger partial charge in [0.1, 0.15) is 0 Å². The molecule has 0 N–H and O–H groups in total. The van der Waals surface area contributed by atoms with Crippen molar-refractivity contribution < 1.29 is 22.6 Å². The summed E-state index contributed by atoms with van der Waals surface area (Å²) in [6.45, 7) is -0.0930. The van der Waals surface area contributed by atoms with Crippen molar-refractivity contribution in [3.63, 3.8) is 0 Å². The van der Waals surface area contributed by atoms with Crippen molar-refractivity contribution >= 4 is 15.9 Å². The van der Waals surface area contributed by atoms with E-state index in [1.165, 1.54) is 13.3 Å². The molecule has 0 saturated carbocycles. The summed E-state index contributed by atoms with van der Waals surface area (Å²) < 4.78 is 45.9. The van der Waals surface area contributed by atoms with Crippen LogP contribution in [0.4, 0.5) is 13.2 Å². The summed E-state index contributed by atoms with van der Waals surface area (Å²) >= 11 is 3.14. The van der Waals surface area contributed by atoms with E-state index in [1.54, 1.807) is 0 Å². The van der Waals surface area contributed by atoms with Crippen molar-refractivity contribution in [2.75, 3.05) is 13.7 Å². The van der Waals surface area contributed by atoms with Crippen molar-refractivity contribution in [1.29, 1.82) is 0 Å². The van der Waals surface area contributed by atoms with E-state index >= 15 is 0 Å². The van der Waals surface area contributed by atoms with E-state index in [1.807, 2.05) is 0 Å². The van der Waals surface area contributed by atoms with E-state index in [2.05, 4.69) is 25.9 Å². The first-order valence-electron chi connectivity index (χ1n) is 4.68. The largest absolute Gasteiger partial charge is 0.480 e. The lowest BCUT2D eigenvalue weighted by Gasteiger charge is -2.08. The first-order valence-corrected chi connectivity index (χ1v) is 5.48. The fourth-order valence-electron chi connectivity index (χ4n) is 0.985. The highest BCUT2D eigenvalue weighted by molar-refractivity contribution is 9.10. The maximum atomic E-state index is 11.8. The summed E-state index contributed by atoms with van der Waals surface area (Å²) in [7, 11) is 1.42. The lowest BCUT2D eigenvalue weighted by Crippen LogP contribution is -2.10. The first-order chi connectivity index (χ1) is 7.92. The molecule has 1 aromatic heterocycles. The highest BCUT2D eigenvalue weighted by atomic mass is 79.9. The second-order valence-corrected chi connectivity index (χ2v) is 3.93. The first kappa shape index (κ1) is 14.0. The molecule has 0 radical (unpaired) electrons. The van der Waals surface area contributed by atoms with Crippen LogP contribution in [0.15, 0.2) is 10.7 Å². The number of ether oxygens (including phenoxy) is 2. The number of hydrogen-bond acceptors (Lipinski definition) is 4. The molecule has 96 valence electrons. The summed E-state index contributed by atoms with van der Waals surface area (Å²) in [4.78, 5) is 7.62. The molecule has 17 heavy (non-hydrogen) atoms. The van der Waals surface area contributed by atoms with Crippen molar-refractivity contribution in [2.45, 2.75) is 19.0 Å². The smallest absolute Gasteiger partial charge is 0.389 e. The molecule has 0 aliphatic heterocycles. The Morgan fingerprint density at radius 1 is 1.41 bits per heavy atom. The predicted octanol–water partition coefficient (Wildman–Crippen LogP) is 2.97. The Kier molecular flexibility index (Phi) is 4.98. The lowest BCUT2D eigenvalue weighted by molar-refractivity contribution is -0.136. The molecule has 0 spiro atoms. The van der Waals surface area contributed by atoms with Gasteiger partial charge in [0.05, 0.1) is 24.4 Å². The van der Waals surface area contributed by atoms with Crippen LogP contribution in [-0.4, -0.2) is 29.9 Å². The van der Waals surface area contributed by atoms with Gasteiger partial charge >= 0.3 is 12.2 Å². The molecular weight excluding hydrogens is 305 g/mol. The van der Waals surface area contributed by atoms with Crippen LogP contribution in [0.5, 0.6) is 11.9 Å². The fraction of sp³-hybridized carbons (Fsp3) is 0.556. The zero-order chi connectivity index (χ0) is 12.9. The van der Waals surface area contributed by atoms with Crippen LogP contribution >= 0.6 is 15.9 Å². The van der Waals surface area contributed by atoms with Gasteiger partial charge in [-0.2, -0.15) is 18.2 Å².